The molecular formula is C3H8N2OS. The monoisotopic (exact) mass is 120 g/mol. The third kappa shape index (κ3) is 5.78. The maximum Gasteiger partial charge on any atom is 0.221 e. The second-order valence-electron chi connectivity index (χ2n) is 0.913. The summed E-state index contributed by atoms with van der Waals surface area (Å²) in [5.41, 5.74) is 4.86. The Bertz CT molecular complexity index is 50.2. The van der Waals surface area contributed by atoms with Crippen LogP contribution in [0.3, 0.4) is 0 Å². The Hall–Kier alpha value is -0.220. The van der Waals surface area contributed by atoms with Gasteiger partial charge in [-0.15, -0.1) is 0 Å². The van der Waals surface area contributed by atoms with Gasteiger partial charge >= 0.3 is 0 Å². The zero-order valence-electron chi connectivity index (χ0n) is 3.85. The van der Waals surface area contributed by atoms with Gasteiger partial charge in [-0.05, 0) is 0 Å². The lowest BCUT2D eigenvalue weighted by molar-refractivity contribution is -0.110. The maximum absolute atomic E-state index is 9.48. The first kappa shape index (κ1) is 6.78. The van der Waals surface area contributed by atoms with E-state index in [1.165, 1.54) is 0 Å². The zero-order chi connectivity index (χ0) is 5.54. The Morgan fingerprint density at radius 2 is 2.43 bits per heavy atom. The summed E-state index contributed by atoms with van der Waals surface area (Å²) in [5, 5.41) is 0. The molecule has 0 fully saturated rings. The number of hydrogen-bond donors (Lipinski definition) is 3. The summed E-state index contributed by atoms with van der Waals surface area (Å²) in [4.78, 5) is 9.48. The van der Waals surface area contributed by atoms with Crippen LogP contribution < -0.4 is 10.9 Å². The van der Waals surface area contributed by atoms with E-state index >= 15 is 0 Å². The van der Waals surface area contributed by atoms with Gasteiger partial charge in [0.05, 0.1) is 0 Å². The highest BCUT2D eigenvalue weighted by Crippen LogP contribution is 1.62. The van der Waals surface area contributed by atoms with Crippen molar-refractivity contribution >= 4 is 19.0 Å². The van der Waals surface area contributed by atoms with Crippen LogP contribution in [0.15, 0.2) is 0 Å². The summed E-state index contributed by atoms with van der Waals surface area (Å²) < 4.78 is 0. The molecule has 0 unspecified atom stereocenters. The van der Waals surface area contributed by atoms with Crippen LogP contribution in [-0.2, 0) is 4.79 Å². The molecule has 0 aliphatic heterocycles. The Balaban J connectivity index is 2.56. The highest BCUT2D eigenvalue weighted by atomic mass is 32.1. The smallest absolute Gasteiger partial charge is 0.221 e. The molecule has 0 aromatic rings. The Morgan fingerprint density at radius 1 is 1.71 bits per heavy atom. The van der Waals surface area contributed by atoms with Crippen LogP contribution in [0.2, 0.25) is 0 Å². The van der Waals surface area contributed by atoms with Crippen LogP contribution in [0.5, 0.6) is 0 Å². The van der Waals surface area contributed by atoms with Gasteiger partial charge in [0.15, 0.2) is 0 Å². The van der Waals surface area contributed by atoms with E-state index in [1.54, 1.807) is 0 Å². The minimum absolute atomic E-state index is 0.587. The normalized spacial score (nSPS) is 8.14. The fourth-order valence-corrected chi connectivity index (χ4v) is 0.282. The summed E-state index contributed by atoms with van der Waals surface area (Å²) in [5.74, 6) is 0.723. The van der Waals surface area contributed by atoms with E-state index < -0.39 is 0 Å². The van der Waals surface area contributed by atoms with E-state index in [0.717, 1.165) is 5.75 Å². The van der Waals surface area contributed by atoms with Crippen LogP contribution in [0.4, 0.5) is 0 Å². The molecule has 0 aromatic carbocycles. The third-order valence-corrected chi connectivity index (χ3v) is 0.621. The summed E-state index contributed by atoms with van der Waals surface area (Å²) in [6, 6.07) is 0. The first-order chi connectivity index (χ1) is 3.41. The van der Waals surface area contributed by atoms with Crippen molar-refractivity contribution < 1.29 is 4.79 Å². The van der Waals surface area contributed by atoms with Crippen molar-refractivity contribution in [3.8, 4) is 0 Å². The number of hydrogen-bond acceptors (Lipinski definition) is 3. The minimum Gasteiger partial charge on any atom is -0.294 e. The molecule has 0 heterocycles. The van der Waals surface area contributed by atoms with E-state index in [9.17, 15) is 4.79 Å². The molecule has 0 rings (SSSR count). The van der Waals surface area contributed by atoms with Gasteiger partial charge in [-0.1, -0.05) is 0 Å². The van der Waals surface area contributed by atoms with Gasteiger partial charge < -0.3 is 0 Å². The molecule has 3 nitrogen and oxygen atoms in total. The van der Waals surface area contributed by atoms with Gasteiger partial charge in [0.25, 0.3) is 0 Å². The first-order valence-corrected chi connectivity index (χ1v) is 2.58. The van der Waals surface area contributed by atoms with Crippen LogP contribution in [0.25, 0.3) is 0 Å². The molecule has 42 valence electrons. The SMILES string of the molecule is O=CNNCCS. The van der Waals surface area contributed by atoms with Gasteiger partial charge in [-0.25, -0.2) is 5.43 Å². The fourth-order valence-electron chi connectivity index (χ4n) is 0.170. The number of thiol groups is 1. The first-order valence-electron chi connectivity index (χ1n) is 1.94. The lowest BCUT2D eigenvalue weighted by atomic mass is 10.8. The Kier molecular flexibility index (Phi) is 5.60. The van der Waals surface area contributed by atoms with Gasteiger partial charge in [0.1, 0.15) is 0 Å². The molecule has 0 atom stereocenters. The van der Waals surface area contributed by atoms with Crippen molar-refractivity contribution in [2.24, 2.45) is 0 Å². The lowest BCUT2D eigenvalue weighted by Crippen LogP contribution is -2.31. The van der Waals surface area contributed by atoms with Crippen molar-refractivity contribution in [2.75, 3.05) is 12.3 Å². The average Bonchev–Trinajstić information content (AvgIpc) is 1.69. The third-order valence-electron chi connectivity index (χ3n) is 0.398. The highest BCUT2D eigenvalue weighted by Gasteiger charge is 1.73. The van der Waals surface area contributed by atoms with Crippen LogP contribution in [0.1, 0.15) is 0 Å². The van der Waals surface area contributed by atoms with Crippen molar-refractivity contribution in [3.63, 3.8) is 0 Å². The van der Waals surface area contributed by atoms with Gasteiger partial charge in [0.2, 0.25) is 6.41 Å². The fraction of sp³-hybridized carbons (Fsp3) is 0.667. The molecule has 0 spiro atoms. The Morgan fingerprint density at radius 3 is 2.86 bits per heavy atom. The molecule has 0 aromatic heterocycles. The quantitative estimate of drug-likeness (QED) is 0.196. The molecular weight excluding hydrogens is 112 g/mol. The average molecular weight is 120 g/mol. The number of carbonyl (C=O) groups is 1. The number of hydrazine groups is 1. The molecule has 0 saturated heterocycles. The molecule has 0 aliphatic carbocycles. The van der Waals surface area contributed by atoms with Gasteiger partial charge in [-0.2, -0.15) is 12.6 Å². The van der Waals surface area contributed by atoms with Crippen molar-refractivity contribution in [3.05, 3.63) is 0 Å². The largest absolute Gasteiger partial charge is 0.294 e. The second kappa shape index (κ2) is 5.78. The van der Waals surface area contributed by atoms with E-state index in [2.05, 4.69) is 23.5 Å². The molecule has 0 radical (unpaired) electrons. The van der Waals surface area contributed by atoms with Crippen LogP contribution in [0, 0.1) is 0 Å². The van der Waals surface area contributed by atoms with Gasteiger partial charge in [-0.3, -0.25) is 10.2 Å². The molecule has 0 saturated carbocycles. The molecule has 0 aliphatic rings. The van der Waals surface area contributed by atoms with E-state index in [1.807, 2.05) is 0 Å². The number of carbonyl (C=O) groups excluding carboxylic acids is 1. The summed E-state index contributed by atoms with van der Waals surface area (Å²) in [6.45, 7) is 0.696. The summed E-state index contributed by atoms with van der Waals surface area (Å²) in [7, 11) is 0. The molecule has 7 heavy (non-hydrogen) atoms. The summed E-state index contributed by atoms with van der Waals surface area (Å²) >= 11 is 3.88. The highest BCUT2D eigenvalue weighted by molar-refractivity contribution is 7.80. The predicted molar refractivity (Wildman–Crippen MR) is 31.1 cm³/mol. The second-order valence-corrected chi connectivity index (χ2v) is 1.36. The van der Waals surface area contributed by atoms with E-state index in [0.29, 0.717) is 13.0 Å². The van der Waals surface area contributed by atoms with Crippen molar-refractivity contribution in [1.82, 2.24) is 10.9 Å². The molecule has 1 amide bonds. The van der Waals surface area contributed by atoms with Gasteiger partial charge in [0, 0.05) is 12.3 Å². The van der Waals surface area contributed by atoms with E-state index in [-0.39, 0.29) is 0 Å². The molecule has 0 bridgehead atoms. The van der Waals surface area contributed by atoms with Crippen molar-refractivity contribution in [1.29, 1.82) is 0 Å². The van der Waals surface area contributed by atoms with Crippen LogP contribution in [-0.4, -0.2) is 18.7 Å². The maximum atomic E-state index is 9.48. The van der Waals surface area contributed by atoms with E-state index in [4.69, 9.17) is 0 Å². The topological polar surface area (TPSA) is 41.1 Å². The lowest BCUT2D eigenvalue weighted by Gasteiger charge is -1.94. The number of rotatable bonds is 4. The van der Waals surface area contributed by atoms with Crippen molar-refractivity contribution in [2.45, 2.75) is 0 Å². The number of nitrogens with one attached hydrogen (secondary N) is 2. The Labute approximate surface area is 47.9 Å². The standard InChI is InChI=1S/C3H8N2OS/c6-3-5-4-1-2-7/h3-4,7H,1-2H2,(H,5,6). The minimum atomic E-state index is 0.587. The van der Waals surface area contributed by atoms with Crippen LogP contribution >= 0.6 is 12.6 Å². The number of amides is 1. The summed E-state index contributed by atoms with van der Waals surface area (Å²) in [6.07, 6.45) is 0.587. The predicted octanol–water partition coefficient (Wildman–Crippen LogP) is -0.833. The zero-order valence-corrected chi connectivity index (χ0v) is 4.74. The molecule has 4 heteroatoms. The molecule has 2 N–H and O–H groups in total.